The summed E-state index contributed by atoms with van der Waals surface area (Å²) in [5, 5.41) is 7.76. The molecule has 1 atom stereocenters. The van der Waals surface area contributed by atoms with Crippen LogP contribution in [0.4, 0.5) is 0 Å². The highest BCUT2D eigenvalue weighted by molar-refractivity contribution is 6.29. The third-order valence-corrected chi connectivity index (χ3v) is 1.81. The van der Waals surface area contributed by atoms with Crippen LogP contribution >= 0.6 is 11.6 Å². The van der Waals surface area contributed by atoms with Gasteiger partial charge < -0.3 is 10.0 Å². The first-order valence-electron chi connectivity index (χ1n) is 4.28. The lowest BCUT2D eigenvalue weighted by Crippen LogP contribution is -2.36. The number of hydrogen-bond donors (Lipinski definition) is 1. The summed E-state index contributed by atoms with van der Waals surface area (Å²) in [4.78, 5) is 12.4. The fraction of sp³-hybridized carbons (Fsp3) is 0.889. The first kappa shape index (κ1) is 12.7. The lowest BCUT2D eigenvalue weighted by Gasteiger charge is -2.26. The highest BCUT2D eigenvalue weighted by Gasteiger charge is 2.19. The molecule has 4 heteroatoms. The number of rotatable bonds is 4. The van der Waals surface area contributed by atoms with Crippen LogP contribution in [0.1, 0.15) is 20.8 Å². The summed E-state index contributed by atoms with van der Waals surface area (Å²) in [7, 11) is 1.88. The zero-order valence-electron chi connectivity index (χ0n) is 8.67. The quantitative estimate of drug-likeness (QED) is 0.713. The molecule has 0 saturated carbocycles. The van der Waals surface area contributed by atoms with Crippen molar-refractivity contribution in [2.75, 3.05) is 20.1 Å². The van der Waals surface area contributed by atoms with Crippen molar-refractivity contribution < 1.29 is 9.90 Å². The molecule has 0 aliphatic carbocycles. The third-order valence-electron chi connectivity index (χ3n) is 1.48. The van der Waals surface area contributed by atoms with Crippen molar-refractivity contribution in [2.45, 2.75) is 26.1 Å². The second-order valence-corrected chi connectivity index (χ2v) is 5.09. The molecule has 0 aliphatic heterocycles. The molecule has 78 valence electrons. The molecule has 0 heterocycles. The van der Waals surface area contributed by atoms with E-state index >= 15 is 0 Å². The smallest absolute Gasteiger partial charge is 0.322 e. The topological polar surface area (TPSA) is 40.5 Å². The van der Waals surface area contributed by atoms with Crippen LogP contribution < -0.4 is 0 Å². The SMILES string of the molecule is CN(CC(Cl)C(=O)O)CC(C)(C)C. The Bertz CT molecular complexity index is 177. The Morgan fingerprint density at radius 2 is 2.00 bits per heavy atom. The Morgan fingerprint density at radius 1 is 1.54 bits per heavy atom. The lowest BCUT2D eigenvalue weighted by molar-refractivity contribution is -0.136. The maximum atomic E-state index is 10.4. The average Bonchev–Trinajstić information content (AvgIpc) is 1.81. The fourth-order valence-electron chi connectivity index (χ4n) is 1.23. The van der Waals surface area contributed by atoms with Crippen LogP contribution in [0.25, 0.3) is 0 Å². The van der Waals surface area contributed by atoms with Crippen LogP contribution in [0.5, 0.6) is 0 Å². The second-order valence-electron chi connectivity index (χ2n) is 4.56. The molecular formula is C9H18ClNO2. The molecule has 13 heavy (non-hydrogen) atoms. The Hall–Kier alpha value is -0.280. The summed E-state index contributed by atoms with van der Waals surface area (Å²) in [6, 6.07) is 0. The molecule has 0 aromatic rings. The van der Waals surface area contributed by atoms with Crippen molar-refractivity contribution in [1.29, 1.82) is 0 Å². The standard InChI is InChI=1S/C9H18ClNO2/c1-9(2,3)6-11(4)5-7(10)8(12)13/h7H,5-6H2,1-4H3,(H,12,13). The number of aliphatic carboxylic acids is 1. The van der Waals surface area contributed by atoms with Crippen molar-refractivity contribution in [3.8, 4) is 0 Å². The van der Waals surface area contributed by atoms with Gasteiger partial charge in [0.1, 0.15) is 5.38 Å². The summed E-state index contributed by atoms with van der Waals surface area (Å²) < 4.78 is 0. The lowest BCUT2D eigenvalue weighted by atomic mass is 9.96. The molecular weight excluding hydrogens is 190 g/mol. The van der Waals surface area contributed by atoms with Crippen molar-refractivity contribution >= 4 is 17.6 Å². The van der Waals surface area contributed by atoms with Crippen molar-refractivity contribution in [3.05, 3.63) is 0 Å². The van der Waals surface area contributed by atoms with Gasteiger partial charge in [-0.25, -0.2) is 0 Å². The van der Waals surface area contributed by atoms with E-state index in [4.69, 9.17) is 16.7 Å². The molecule has 0 fully saturated rings. The third kappa shape index (κ3) is 6.84. The maximum Gasteiger partial charge on any atom is 0.322 e. The number of carboxylic acid groups (broad SMARTS) is 1. The minimum atomic E-state index is -0.956. The monoisotopic (exact) mass is 207 g/mol. The molecule has 0 aromatic heterocycles. The molecule has 0 aliphatic rings. The summed E-state index contributed by atoms with van der Waals surface area (Å²) in [6.07, 6.45) is 0. The van der Waals surface area contributed by atoms with Crippen LogP contribution in [0, 0.1) is 5.41 Å². The number of halogens is 1. The van der Waals surface area contributed by atoms with E-state index in [0.717, 1.165) is 6.54 Å². The molecule has 0 spiro atoms. The number of alkyl halides is 1. The minimum Gasteiger partial charge on any atom is -0.480 e. The predicted octanol–water partition coefficient (Wildman–Crippen LogP) is 1.66. The molecule has 0 bridgehead atoms. The number of nitrogens with zero attached hydrogens (tertiary/aromatic N) is 1. The molecule has 0 saturated heterocycles. The van der Waals surface area contributed by atoms with E-state index in [-0.39, 0.29) is 5.41 Å². The normalized spacial score (nSPS) is 14.6. The average molecular weight is 208 g/mol. The van der Waals surface area contributed by atoms with Gasteiger partial charge in [0.15, 0.2) is 0 Å². The molecule has 1 unspecified atom stereocenters. The van der Waals surface area contributed by atoms with Crippen molar-refractivity contribution in [3.63, 3.8) is 0 Å². The molecule has 3 nitrogen and oxygen atoms in total. The van der Waals surface area contributed by atoms with Gasteiger partial charge in [0.25, 0.3) is 0 Å². The maximum absolute atomic E-state index is 10.4. The van der Waals surface area contributed by atoms with Crippen LogP contribution in [0.15, 0.2) is 0 Å². The van der Waals surface area contributed by atoms with Gasteiger partial charge in [-0.2, -0.15) is 0 Å². The van der Waals surface area contributed by atoms with E-state index in [1.54, 1.807) is 0 Å². The predicted molar refractivity (Wildman–Crippen MR) is 54.2 cm³/mol. The van der Waals surface area contributed by atoms with Gasteiger partial charge in [0.05, 0.1) is 0 Å². The Labute approximate surface area is 84.7 Å². The summed E-state index contributed by atoms with van der Waals surface area (Å²) >= 11 is 5.60. The summed E-state index contributed by atoms with van der Waals surface area (Å²) in [6.45, 7) is 7.53. The highest BCUT2D eigenvalue weighted by Crippen LogP contribution is 2.14. The van der Waals surface area contributed by atoms with Crippen LogP contribution in [-0.2, 0) is 4.79 Å². The van der Waals surface area contributed by atoms with E-state index < -0.39 is 11.3 Å². The van der Waals surface area contributed by atoms with Crippen LogP contribution in [-0.4, -0.2) is 41.5 Å². The molecule has 0 rings (SSSR count). The number of carboxylic acids is 1. The largest absolute Gasteiger partial charge is 0.480 e. The Kier molecular flexibility index (Phi) is 4.71. The van der Waals surface area contributed by atoms with Crippen LogP contribution in [0.3, 0.4) is 0 Å². The van der Waals surface area contributed by atoms with Crippen molar-refractivity contribution in [2.24, 2.45) is 5.41 Å². The Balaban J connectivity index is 3.88. The van der Waals surface area contributed by atoms with Gasteiger partial charge in [-0.1, -0.05) is 20.8 Å². The zero-order chi connectivity index (χ0) is 10.6. The molecule has 0 amide bonds. The fourth-order valence-corrected chi connectivity index (χ4v) is 1.46. The first-order valence-corrected chi connectivity index (χ1v) is 4.71. The van der Waals surface area contributed by atoms with E-state index in [2.05, 4.69) is 20.8 Å². The summed E-state index contributed by atoms with van der Waals surface area (Å²) in [5.41, 5.74) is 0.170. The minimum absolute atomic E-state index is 0.170. The Morgan fingerprint density at radius 3 is 2.31 bits per heavy atom. The first-order chi connectivity index (χ1) is 5.72. The van der Waals surface area contributed by atoms with E-state index in [9.17, 15) is 4.79 Å². The van der Waals surface area contributed by atoms with Gasteiger partial charge in [-0.3, -0.25) is 4.79 Å². The second kappa shape index (κ2) is 4.82. The van der Waals surface area contributed by atoms with Gasteiger partial charge in [-0.05, 0) is 12.5 Å². The van der Waals surface area contributed by atoms with Crippen molar-refractivity contribution in [1.82, 2.24) is 4.90 Å². The zero-order valence-corrected chi connectivity index (χ0v) is 9.43. The van der Waals surface area contributed by atoms with E-state index in [1.807, 2.05) is 11.9 Å². The summed E-state index contributed by atoms with van der Waals surface area (Å²) in [5.74, 6) is -0.956. The van der Waals surface area contributed by atoms with Gasteiger partial charge in [0, 0.05) is 13.1 Å². The van der Waals surface area contributed by atoms with E-state index in [0.29, 0.717) is 6.54 Å². The molecule has 0 aromatic carbocycles. The number of carbonyl (C=O) groups is 1. The highest BCUT2D eigenvalue weighted by atomic mass is 35.5. The molecule has 1 N–H and O–H groups in total. The van der Waals surface area contributed by atoms with Gasteiger partial charge in [0.2, 0.25) is 0 Å². The van der Waals surface area contributed by atoms with Crippen LogP contribution in [0.2, 0.25) is 0 Å². The van der Waals surface area contributed by atoms with E-state index in [1.165, 1.54) is 0 Å². The van der Waals surface area contributed by atoms with Gasteiger partial charge >= 0.3 is 5.97 Å². The van der Waals surface area contributed by atoms with Gasteiger partial charge in [-0.15, -0.1) is 11.6 Å². The molecule has 0 radical (unpaired) electrons. The number of hydrogen-bond acceptors (Lipinski definition) is 2.